The van der Waals surface area contributed by atoms with Crippen LogP contribution in [0.1, 0.15) is 17.1 Å². The third-order valence-corrected chi connectivity index (χ3v) is 6.02. The third kappa shape index (κ3) is 4.91. The van der Waals surface area contributed by atoms with Crippen molar-refractivity contribution in [3.63, 3.8) is 0 Å². The molecule has 0 radical (unpaired) electrons. The molecule has 0 aliphatic rings. The molecule has 0 aliphatic carbocycles. The molecule has 0 amide bonds. The number of hydrogen-bond acceptors (Lipinski definition) is 9. The zero-order valence-electron chi connectivity index (χ0n) is 18.4. The van der Waals surface area contributed by atoms with Crippen LogP contribution in [0.2, 0.25) is 0 Å². The molecule has 10 heteroatoms. The van der Waals surface area contributed by atoms with Gasteiger partial charge in [0.1, 0.15) is 11.6 Å². The number of aromatic nitrogens is 6. The lowest BCUT2D eigenvalue weighted by Gasteiger charge is -2.10. The molecular formula is C24H22N8OS. The van der Waals surface area contributed by atoms with Crippen LogP contribution in [0.4, 0.5) is 17.6 Å². The maximum atomic E-state index is 5.94. The average molecular weight is 471 g/mol. The number of nitrogens with one attached hydrogen (secondary N) is 1. The summed E-state index contributed by atoms with van der Waals surface area (Å²) >= 11 is 1.49. The van der Waals surface area contributed by atoms with Gasteiger partial charge in [-0.1, -0.05) is 60.3 Å². The van der Waals surface area contributed by atoms with Gasteiger partial charge in [-0.05, 0) is 30.7 Å². The minimum absolute atomic E-state index is 0.157. The summed E-state index contributed by atoms with van der Waals surface area (Å²) in [5.41, 5.74) is 8.87. The molecule has 9 nitrogen and oxygen atoms in total. The second-order valence-electron chi connectivity index (χ2n) is 7.48. The lowest BCUT2D eigenvalue weighted by atomic mass is 10.2. The van der Waals surface area contributed by atoms with Gasteiger partial charge < -0.3 is 15.5 Å². The minimum Gasteiger partial charge on any atom is -0.469 e. The SMILES string of the molecule is Cc1occc1-c1nnc(SCc2nc(N)nc(Nc3ccccc3)n2)n1Cc1ccccc1. The summed E-state index contributed by atoms with van der Waals surface area (Å²) in [5.74, 6) is 3.10. The monoisotopic (exact) mass is 470 g/mol. The van der Waals surface area contributed by atoms with Crippen LogP contribution in [0.5, 0.6) is 0 Å². The molecule has 2 aromatic carbocycles. The normalized spacial score (nSPS) is 11.0. The summed E-state index contributed by atoms with van der Waals surface area (Å²) < 4.78 is 7.58. The van der Waals surface area contributed by atoms with Crippen LogP contribution in [0.25, 0.3) is 11.4 Å². The van der Waals surface area contributed by atoms with Gasteiger partial charge in [-0.3, -0.25) is 4.57 Å². The Hall–Kier alpha value is -4.18. The molecule has 3 heterocycles. The van der Waals surface area contributed by atoms with Gasteiger partial charge in [-0.15, -0.1) is 10.2 Å². The summed E-state index contributed by atoms with van der Waals surface area (Å²) in [6, 6.07) is 21.8. The number of nitrogens with two attached hydrogens (primary N) is 1. The Morgan fingerprint density at radius 1 is 0.941 bits per heavy atom. The number of furan rings is 1. The number of anilines is 3. The minimum atomic E-state index is 0.157. The van der Waals surface area contributed by atoms with E-state index in [2.05, 4.69) is 47.2 Å². The van der Waals surface area contributed by atoms with Crippen molar-refractivity contribution >= 4 is 29.3 Å². The van der Waals surface area contributed by atoms with E-state index in [9.17, 15) is 0 Å². The first-order chi connectivity index (χ1) is 16.7. The van der Waals surface area contributed by atoms with E-state index in [0.29, 0.717) is 24.1 Å². The van der Waals surface area contributed by atoms with Crippen molar-refractivity contribution in [1.29, 1.82) is 0 Å². The molecule has 5 aromatic rings. The molecule has 0 aliphatic heterocycles. The average Bonchev–Trinajstić information content (AvgIpc) is 3.44. The second-order valence-corrected chi connectivity index (χ2v) is 8.42. The van der Waals surface area contributed by atoms with E-state index in [0.717, 1.165) is 33.6 Å². The van der Waals surface area contributed by atoms with Gasteiger partial charge in [0.2, 0.25) is 11.9 Å². The van der Waals surface area contributed by atoms with Gasteiger partial charge in [0.25, 0.3) is 0 Å². The summed E-state index contributed by atoms with van der Waals surface area (Å²) in [5, 5.41) is 12.8. The summed E-state index contributed by atoms with van der Waals surface area (Å²) in [4.78, 5) is 13.0. The smallest absolute Gasteiger partial charge is 0.232 e. The zero-order chi connectivity index (χ0) is 23.3. The van der Waals surface area contributed by atoms with Crippen molar-refractivity contribution in [2.75, 3.05) is 11.1 Å². The lowest BCUT2D eigenvalue weighted by molar-refractivity contribution is 0.534. The van der Waals surface area contributed by atoms with Gasteiger partial charge in [0.05, 0.1) is 24.1 Å². The van der Waals surface area contributed by atoms with Crippen molar-refractivity contribution in [2.45, 2.75) is 24.4 Å². The molecular weight excluding hydrogens is 448 g/mol. The molecule has 0 saturated carbocycles. The first-order valence-electron chi connectivity index (χ1n) is 10.6. The highest BCUT2D eigenvalue weighted by molar-refractivity contribution is 7.98. The van der Waals surface area contributed by atoms with Crippen LogP contribution in [0.3, 0.4) is 0 Å². The quantitative estimate of drug-likeness (QED) is 0.311. The Kier molecular flexibility index (Phi) is 6.21. The molecule has 170 valence electrons. The first kappa shape index (κ1) is 21.7. The van der Waals surface area contributed by atoms with E-state index >= 15 is 0 Å². The van der Waals surface area contributed by atoms with Crippen LogP contribution in [0, 0.1) is 6.92 Å². The fraction of sp³-hybridized carbons (Fsp3) is 0.125. The van der Waals surface area contributed by atoms with Crippen LogP contribution < -0.4 is 11.1 Å². The van der Waals surface area contributed by atoms with E-state index in [1.165, 1.54) is 11.8 Å². The molecule has 3 aromatic heterocycles. The largest absolute Gasteiger partial charge is 0.469 e. The molecule has 0 fully saturated rings. The van der Waals surface area contributed by atoms with Gasteiger partial charge in [0, 0.05) is 5.69 Å². The molecule has 0 unspecified atom stereocenters. The maximum absolute atomic E-state index is 5.94. The fourth-order valence-corrected chi connectivity index (χ4v) is 4.25. The van der Waals surface area contributed by atoms with Crippen molar-refractivity contribution in [3.05, 3.63) is 90.1 Å². The van der Waals surface area contributed by atoms with E-state index in [1.807, 2.05) is 61.5 Å². The number of thioether (sulfide) groups is 1. The summed E-state index contributed by atoms with van der Waals surface area (Å²) in [6.07, 6.45) is 1.66. The van der Waals surface area contributed by atoms with Crippen molar-refractivity contribution in [3.8, 4) is 11.4 Å². The lowest BCUT2D eigenvalue weighted by Crippen LogP contribution is -2.07. The van der Waals surface area contributed by atoms with Gasteiger partial charge in [-0.2, -0.15) is 15.0 Å². The van der Waals surface area contributed by atoms with E-state index in [4.69, 9.17) is 10.2 Å². The molecule has 5 rings (SSSR count). The summed E-state index contributed by atoms with van der Waals surface area (Å²) in [7, 11) is 0. The highest BCUT2D eigenvalue weighted by atomic mass is 32.2. The zero-order valence-corrected chi connectivity index (χ0v) is 19.2. The molecule has 0 saturated heterocycles. The second kappa shape index (κ2) is 9.75. The van der Waals surface area contributed by atoms with Crippen molar-refractivity contribution in [2.24, 2.45) is 0 Å². The fourth-order valence-electron chi connectivity index (χ4n) is 3.46. The van der Waals surface area contributed by atoms with Crippen LogP contribution in [0.15, 0.2) is 82.6 Å². The topological polar surface area (TPSA) is 121 Å². The highest BCUT2D eigenvalue weighted by Gasteiger charge is 2.18. The Morgan fingerprint density at radius 3 is 2.44 bits per heavy atom. The molecule has 0 spiro atoms. The number of hydrogen-bond donors (Lipinski definition) is 2. The standard InChI is InChI=1S/C24H22N8OS/c1-16-19(12-13-33-16)21-30-31-24(32(21)14-17-8-4-2-5-9-17)34-15-20-27-22(25)29-23(28-20)26-18-10-6-3-7-11-18/h2-13H,14-15H2,1H3,(H3,25,26,27,28,29). The van der Waals surface area contributed by atoms with Crippen molar-refractivity contribution < 1.29 is 4.42 Å². The molecule has 34 heavy (non-hydrogen) atoms. The summed E-state index contributed by atoms with van der Waals surface area (Å²) in [6.45, 7) is 2.54. The Bertz CT molecular complexity index is 1380. The van der Waals surface area contributed by atoms with Gasteiger partial charge >= 0.3 is 0 Å². The first-order valence-corrected chi connectivity index (χ1v) is 11.6. The Labute approximate surface area is 200 Å². The van der Waals surface area contributed by atoms with E-state index in [1.54, 1.807) is 6.26 Å². The van der Waals surface area contributed by atoms with E-state index in [-0.39, 0.29) is 5.95 Å². The number of nitrogens with zero attached hydrogens (tertiary/aromatic N) is 6. The van der Waals surface area contributed by atoms with Crippen LogP contribution in [-0.2, 0) is 12.3 Å². The van der Waals surface area contributed by atoms with Crippen molar-refractivity contribution in [1.82, 2.24) is 29.7 Å². The number of benzene rings is 2. The number of nitrogen functional groups attached to an aromatic ring is 1. The molecule has 3 N–H and O–H groups in total. The Balaban J connectivity index is 1.40. The number of para-hydroxylation sites is 1. The van der Waals surface area contributed by atoms with Crippen LogP contribution >= 0.6 is 11.8 Å². The Morgan fingerprint density at radius 2 is 1.71 bits per heavy atom. The highest BCUT2D eigenvalue weighted by Crippen LogP contribution is 2.29. The number of rotatable bonds is 8. The predicted octanol–water partition coefficient (Wildman–Crippen LogP) is 4.70. The van der Waals surface area contributed by atoms with Gasteiger partial charge in [-0.25, -0.2) is 0 Å². The third-order valence-electron chi connectivity index (χ3n) is 5.06. The van der Waals surface area contributed by atoms with E-state index < -0.39 is 0 Å². The molecule has 0 atom stereocenters. The maximum Gasteiger partial charge on any atom is 0.232 e. The van der Waals surface area contributed by atoms with Gasteiger partial charge in [0.15, 0.2) is 11.0 Å². The number of aryl methyl sites for hydroxylation is 1. The van der Waals surface area contributed by atoms with Crippen LogP contribution in [-0.4, -0.2) is 29.7 Å². The molecule has 0 bridgehead atoms. The predicted molar refractivity (Wildman–Crippen MR) is 132 cm³/mol.